The maximum absolute atomic E-state index is 14.0. The molecule has 2 aromatic rings. The maximum atomic E-state index is 14.0. The molecule has 5 rings (SSSR count). The van der Waals surface area contributed by atoms with Gasteiger partial charge < -0.3 is 14.5 Å². The number of nitrogens with zero attached hydrogens (tertiary/aromatic N) is 3. The number of benzene rings is 1. The number of amides is 2. The molecule has 0 radical (unpaired) electrons. The highest BCUT2D eigenvalue weighted by Crippen LogP contribution is 2.50. The van der Waals surface area contributed by atoms with Crippen LogP contribution in [0.1, 0.15) is 34.9 Å². The number of hydrogen-bond donors (Lipinski definition) is 0. The molecule has 3 fully saturated rings. The van der Waals surface area contributed by atoms with Crippen LogP contribution in [0.2, 0.25) is 0 Å². The van der Waals surface area contributed by atoms with Crippen LogP contribution < -0.4 is 0 Å². The number of carbonyl (C=O) groups excluding carboxylic acids is 2. The molecule has 3 aliphatic rings. The lowest BCUT2D eigenvalue weighted by atomic mass is 10.1. The van der Waals surface area contributed by atoms with Crippen LogP contribution in [0, 0.1) is 5.82 Å². The van der Waals surface area contributed by atoms with Gasteiger partial charge in [0.25, 0.3) is 5.91 Å². The number of likely N-dealkylation sites (tertiary alicyclic amines) is 1. The van der Waals surface area contributed by atoms with Gasteiger partial charge in [-0.1, -0.05) is 30.3 Å². The summed E-state index contributed by atoms with van der Waals surface area (Å²) < 4.78 is 20.5. The fourth-order valence-corrected chi connectivity index (χ4v) is 4.61. The lowest BCUT2D eigenvalue weighted by Gasteiger charge is -2.32. The zero-order chi connectivity index (χ0) is 18.6. The van der Waals surface area contributed by atoms with Gasteiger partial charge in [0, 0.05) is 19.2 Å². The van der Waals surface area contributed by atoms with Crippen LogP contribution in [-0.2, 0) is 9.53 Å². The Labute approximate surface area is 155 Å². The van der Waals surface area contributed by atoms with Crippen LogP contribution in [0.25, 0.3) is 0 Å². The van der Waals surface area contributed by atoms with Crippen LogP contribution in [0.5, 0.6) is 0 Å². The highest BCUT2D eigenvalue weighted by Gasteiger charge is 2.65. The summed E-state index contributed by atoms with van der Waals surface area (Å²) in [4.78, 5) is 32.6. The van der Waals surface area contributed by atoms with Crippen molar-refractivity contribution < 1.29 is 18.7 Å². The molecule has 1 spiro atoms. The molecular formula is C20H18FN3O3. The molecule has 1 aromatic heterocycles. The third kappa shape index (κ3) is 2.31. The molecule has 138 valence electrons. The second kappa shape index (κ2) is 5.85. The van der Waals surface area contributed by atoms with E-state index in [1.54, 1.807) is 9.80 Å². The van der Waals surface area contributed by atoms with Crippen LogP contribution in [0.3, 0.4) is 0 Å². The van der Waals surface area contributed by atoms with Crippen LogP contribution in [0.4, 0.5) is 4.39 Å². The van der Waals surface area contributed by atoms with Crippen molar-refractivity contribution in [3.05, 3.63) is 65.7 Å². The molecule has 0 N–H and O–H groups in total. The summed E-state index contributed by atoms with van der Waals surface area (Å²) in [6.07, 6.45) is 2.95. The summed E-state index contributed by atoms with van der Waals surface area (Å²) >= 11 is 0. The highest BCUT2D eigenvalue weighted by molar-refractivity contribution is 5.96. The van der Waals surface area contributed by atoms with E-state index in [9.17, 15) is 14.0 Å². The molecule has 4 heterocycles. The monoisotopic (exact) mass is 367 g/mol. The normalized spacial score (nSPS) is 29.1. The van der Waals surface area contributed by atoms with E-state index in [0.29, 0.717) is 19.5 Å². The minimum Gasteiger partial charge on any atom is -0.343 e. The number of halogens is 1. The van der Waals surface area contributed by atoms with Gasteiger partial charge in [0.15, 0.2) is 11.5 Å². The van der Waals surface area contributed by atoms with Gasteiger partial charge in [0.2, 0.25) is 5.91 Å². The van der Waals surface area contributed by atoms with Gasteiger partial charge in [0.1, 0.15) is 6.10 Å². The molecule has 3 aliphatic heterocycles. The standard InChI is InChI=1S/C20H18FN3O3/c21-15-11-22-8-6-14(15)19(26)23-9-7-20-17(23)10-18(25)24(20)12-16(27-20)13-4-2-1-3-5-13/h1-6,8,11,16-17H,7,9-10,12H2/t16-,17-,20+/m1/s1. The van der Waals surface area contributed by atoms with Crippen LogP contribution >= 0.6 is 0 Å². The molecule has 0 aliphatic carbocycles. The van der Waals surface area contributed by atoms with E-state index in [2.05, 4.69) is 4.98 Å². The van der Waals surface area contributed by atoms with Gasteiger partial charge in [-0.3, -0.25) is 14.6 Å². The molecule has 1 aromatic carbocycles. The van der Waals surface area contributed by atoms with Gasteiger partial charge in [0.05, 0.1) is 30.8 Å². The minimum absolute atomic E-state index is 0.0221. The first-order chi connectivity index (χ1) is 13.1. The van der Waals surface area contributed by atoms with Crippen molar-refractivity contribution in [1.29, 1.82) is 0 Å². The SMILES string of the molecule is O=C(c1ccncc1F)N1CC[C@@]23O[C@@H](c4ccccc4)CN2C(=O)C[C@@H]13. The van der Waals surface area contributed by atoms with Crippen LogP contribution in [-0.4, -0.2) is 51.5 Å². The number of hydrogen-bond acceptors (Lipinski definition) is 4. The van der Waals surface area contributed by atoms with Crippen molar-refractivity contribution in [1.82, 2.24) is 14.8 Å². The first kappa shape index (κ1) is 16.4. The number of rotatable bonds is 2. The van der Waals surface area contributed by atoms with Gasteiger partial charge in [-0.05, 0) is 11.6 Å². The van der Waals surface area contributed by atoms with Gasteiger partial charge in [-0.2, -0.15) is 0 Å². The van der Waals surface area contributed by atoms with Crippen LogP contribution in [0.15, 0.2) is 48.8 Å². The summed E-state index contributed by atoms with van der Waals surface area (Å²) in [7, 11) is 0. The quantitative estimate of drug-likeness (QED) is 0.816. The second-order valence-electron chi connectivity index (χ2n) is 7.19. The lowest BCUT2D eigenvalue weighted by Crippen LogP contribution is -2.48. The Balaban J connectivity index is 1.46. The van der Waals surface area contributed by atoms with E-state index >= 15 is 0 Å². The maximum Gasteiger partial charge on any atom is 0.257 e. The Morgan fingerprint density at radius 1 is 1.26 bits per heavy atom. The molecular weight excluding hydrogens is 349 g/mol. The largest absolute Gasteiger partial charge is 0.343 e. The van der Waals surface area contributed by atoms with Gasteiger partial charge in [-0.15, -0.1) is 0 Å². The van der Waals surface area contributed by atoms with Crippen molar-refractivity contribution >= 4 is 11.8 Å². The smallest absolute Gasteiger partial charge is 0.257 e. The predicted octanol–water partition coefficient (Wildman–Crippen LogP) is 2.14. The molecule has 3 saturated heterocycles. The van der Waals surface area contributed by atoms with Crippen molar-refractivity contribution in [2.75, 3.05) is 13.1 Å². The summed E-state index contributed by atoms with van der Waals surface area (Å²) in [5.74, 6) is -1.09. The third-order valence-electron chi connectivity index (χ3n) is 5.86. The zero-order valence-electron chi connectivity index (χ0n) is 14.5. The first-order valence-corrected chi connectivity index (χ1v) is 9.04. The predicted molar refractivity (Wildman–Crippen MR) is 93.0 cm³/mol. The van der Waals surface area contributed by atoms with Gasteiger partial charge >= 0.3 is 0 Å². The van der Waals surface area contributed by atoms with E-state index in [4.69, 9.17) is 4.74 Å². The summed E-state index contributed by atoms with van der Waals surface area (Å²) in [5, 5.41) is 0. The van der Waals surface area contributed by atoms with Gasteiger partial charge in [-0.25, -0.2) is 4.39 Å². The summed E-state index contributed by atoms with van der Waals surface area (Å²) in [6.45, 7) is 0.904. The van der Waals surface area contributed by atoms with E-state index in [1.807, 2.05) is 30.3 Å². The molecule has 0 bridgehead atoms. The average Bonchev–Trinajstić information content (AvgIpc) is 3.31. The molecule has 7 heteroatoms. The van der Waals surface area contributed by atoms with Crippen molar-refractivity contribution in [2.45, 2.75) is 30.7 Å². The highest BCUT2D eigenvalue weighted by atomic mass is 19.1. The number of carbonyl (C=O) groups is 2. The summed E-state index contributed by atoms with van der Waals surface area (Å²) in [6, 6.07) is 10.7. The first-order valence-electron chi connectivity index (χ1n) is 9.04. The third-order valence-corrected chi connectivity index (χ3v) is 5.86. The number of ether oxygens (including phenoxy) is 1. The molecule has 0 saturated carbocycles. The molecule has 0 unspecified atom stereocenters. The summed E-state index contributed by atoms with van der Waals surface area (Å²) in [5.41, 5.74) is 0.180. The Hall–Kier alpha value is -2.80. The van der Waals surface area contributed by atoms with Crippen molar-refractivity contribution in [3.63, 3.8) is 0 Å². The Kier molecular flexibility index (Phi) is 3.55. The second-order valence-corrected chi connectivity index (χ2v) is 7.19. The van der Waals surface area contributed by atoms with E-state index in [-0.39, 0.29) is 24.0 Å². The van der Waals surface area contributed by atoms with E-state index in [0.717, 1.165) is 11.8 Å². The van der Waals surface area contributed by atoms with Crippen molar-refractivity contribution in [3.8, 4) is 0 Å². The fourth-order valence-electron chi connectivity index (χ4n) is 4.61. The number of pyridine rings is 1. The Morgan fingerprint density at radius 2 is 2.07 bits per heavy atom. The molecule has 3 atom stereocenters. The minimum atomic E-state index is -0.809. The molecule has 6 nitrogen and oxygen atoms in total. The Bertz CT molecular complexity index is 922. The van der Waals surface area contributed by atoms with Crippen molar-refractivity contribution in [2.24, 2.45) is 0 Å². The van der Waals surface area contributed by atoms with E-state index < -0.39 is 23.5 Å². The average molecular weight is 367 g/mol. The topological polar surface area (TPSA) is 62.7 Å². The molecule has 2 amide bonds. The fraction of sp³-hybridized carbons (Fsp3) is 0.350. The lowest BCUT2D eigenvalue weighted by molar-refractivity contribution is -0.138. The Morgan fingerprint density at radius 3 is 2.85 bits per heavy atom. The van der Waals surface area contributed by atoms with E-state index in [1.165, 1.54) is 12.3 Å². The molecule has 27 heavy (non-hydrogen) atoms. The zero-order valence-corrected chi connectivity index (χ0v) is 14.5. The number of aromatic nitrogens is 1.